The third-order valence-corrected chi connectivity index (χ3v) is 3.10. The van der Waals surface area contributed by atoms with Crippen LogP contribution in [0.3, 0.4) is 0 Å². The molecule has 1 aromatic heterocycles. The molecule has 1 heterocycles. The number of nitrogens with one attached hydrogen (secondary N) is 1. The number of carbonyl (C=O) groups excluding carboxylic acids is 1. The van der Waals surface area contributed by atoms with Crippen LogP contribution in [0.25, 0.3) is 0 Å². The second kappa shape index (κ2) is 6.55. The molecule has 0 radical (unpaired) electrons. The van der Waals surface area contributed by atoms with E-state index in [0.29, 0.717) is 16.5 Å². The molecule has 19 heavy (non-hydrogen) atoms. The van der Waals surface area contributed by atoms with Gasteiger partial charge in [-0.05, 0) is 30.2 Å². The normalized spacial score (nSPS) is 10.2. The number of alkyl halides is 1. The van der Waals surface area contributed by atoms with Gasteiger partial charge in [0.1, 0.15) is 0 Å². The Morgan fingerprint density at radius 1 is 1.21 bits per heavy atom. The van der Waals surface area contributed by atoms with Gasteiger partial charge in [-0.25, -0.2) is 0 Å². The van der Waals surface area contributed by atoms with E-state index in [4.69, 9.17) is 23.2 Å². The van der Waals surface area contributed by atoms with E-state index in [2.05, 4.69) is 10.3 Å². The Bertz CT molecular complexity index is 570. The van der Waals surface area contributed by atoms with Gasteiger partial charge in [-0.2, -0.15) is 0 Å². The Labute approximate surface area is 121 Å². The van der Waals surface area contributed by atoms with Crippen LogP contribution in [0.1, 0.15) is 15.9 Å². The lowest BCUT2D eigenvalue weighted by molar-refractivity contribution is 0.102. The van der Waals surface area contributed by atoms with Crippen LogP contribution >= 0.6 is 23.2 Å². The minimum Gasteiger partial charge on any atom is -0.322 e. The minimum absolute atomic E-state index is 0.252. The second-order valence-corrected chi connectivity index (χ2v) is 4.73. The molecule has 0 bridgehead atoms. The molecule has 0 aliphatic rings. The number of rotatable bonds is 4. The van der Waals surface area contributed by atoms with Crippen molar-refractivity contribution in [3.8, 4) is 0 Å². The first-order chi connectivity index (χ1) is 9.20. The van der Waals surface area contributed by atoms with Gasteiger partial charge in [-0.3, -0.25) is 9.78 Å². The minimum atomic E-state index is -0.252. The molecule has 1 N–H and O–H groups in total. The molecular weight excluding hydrogens is 283 g/mol. The molecule has 1 aromatic carbocycles. The van der Waals surface area contributed by atoms with E-state index in [-0.39, 0.29) is 5.91 Å². The van der Waals surface area contributed by atoms with Crippen LogP contribution in [0.2, 0.25) is 5.02 Å². The summed E-state index contributed by atoms with van der Waals surface area (Å²) < 4.78 is 0. The lowest BCUT2D eigenvalue weighted by Crippen LogP contribution is -2.12. The van der Waals surface area contributed by atoms with Crippen LogP contribution in [-0.4, -0.2) is 16.8 Å². The van der Waals surface area contributed by atoms with Gasteiger partial charge >= 0.3 is 0 Å². The van der Waals surface area contributed by atoms with Crippen LogP contribution < -0.4 is 5.32 Å². The molecule has 5 heteroatoms. The number of carbonyl (C=O) groups is 1. The SMILES string of the molecule is O=C(Nc1ccc(CCCl)cc1)c1ccncc1Cl. The summed E-state index contributed by atoms with van der Waals surface area (Å²) in [6, 6.07) is 9.14. The molecule has 2 rings (SSSR count). The van der Waals surface area contributed by atoms with Gasteiger partial charge in [0.15, 0.2) is 0 Å². The molecule has 0 saturated carbocycles. The first-order valence-electron chi connectivity index (χ1n) is 5.76. The molecule has 1 amide bonds. The van der Waals surface area contributed by atoms with E-state index >= 15 is 0 Å². The van der Waals surface area contributed by atoms with Gasteiger partial charge in [-0.15, -0.1) is 11.6 Å². The second-order valence-electron chi connectivity index (χ2n) is 3.95. The van der Waals surface area contributed by atoms with Gasteiger partial charge in [0.05, 0.1) is 10.6 Å². The van der Waals surface area contributed by atoms with Crippen molar-refractivity contribution < 1.29 is 4.79 Å². The number of amides is 1. The Morgan fingerprint density at radius 2 is 1.95 bits per heavy atom. The highest BCUT2D eigenvalue weighted by molar-refractivity contribution is 6.34. The van der Waals surface area contributed by atoms with Crippen molar-refractivity contribution in [1.29, 1.82) is 0 Å². The predicted octanol–water partition coefficient (Wildman–Crippen LogP) is 3.77. The highest BCUT2D eigenvalue weighted by Crippen LogP contribution is 2.16. The number of aryl methyl sites for hydroxylation is 1. The standard InChI is InChI=1S/C14H12Cl2N2O/c15-7-5-10-1-3-11(4-2-10)18-14(19)12-6-8-17-9-13(12)16/h1-4,6,8-9H,5,7H2,(H,18,19). The summed E-state index contributed by atoms with van der Waals surface area (Å²) in [7, 11) is 0. The highest BCUT2D eigenvalue weighted by Gasteiger charge is 2.09. The third kappa shape index (κ3) is 3.69. The highest BCUT2D eigenvalue weighted by atomic mass is 35.5. The first-order valence-corrected chi connectivity index (χ1v) is 6.67. The zero-order valence-electron chi connectivity index (χ0n) is 10.1. The Hall–Kier alpha value is -1.58. The Kier molecular flexibility index (Phi) is 4.77. The lowest BCUT2D eigenvalue weighted by Gasteiger charge is -2.07. The molecule has 0 atom stereocenters. The molecule has 0 saturated heterocycles. The van der Waals surface area contributed by atoms with Crippen molar-refractivity contribution in [2.45, 2.75) is 6.42 Å². The van der Waals surface area contributed by atoms with E-state index in [9.17, 15) is 4.79 Å². The van der Waals surface area contributed by atoms with Gasteiger partial charge in [0.25, 0.3) is 5.91 Å². The zero-order chi connectivity index (χ0) is 13.7. The van der Waals surface area contributed by atoms with E-state index in [1.165, 1.54) is 12.4 Å². The monoisotopic (exact) mass is 294 g/mol. The van der Waals surface area contributed by atoms with Gasteiger partial charge in [0, 0.05) is 24.0 Å². The van der Waals surface area contributed by atoms with E-state index in [0.717, 1.165) is 17.7 Å². The molecular formula is C14H12Cl2N2O. The van der Waals surface area contributed by atoms with Crippen LogP contribution in [-0.2, 0) is 6.42 Å². The summed E-state index contributed by atoms with van der Waals surface area (Å²) >= 11 is 11.6. The van der Waals surface area contributed by atoms with Crippen molar-refractivity contribution in [2.75, 3.05) is 11.2 Å². The fraction of sp³-hybridized carbons (Fsp3) is 0.143. The molecule has 0 spiro atoms. The topological polar surface area (TPSA) is 42.0 Å². The maximum absolute atomic E-state index is 12.0. The number of benzene rings is 1. The molecule has 0 aliphatic carbocycles. The largest absolute Gasteiger partial charge is 0.322 e. The average Bonchev–Trinajstić information content (AvgIpc) is 2.42. The number of pyridine rings is 1. The van der Waals surface area contributed by atoms with Crippen molar-refractivity contribution in [1.82, 2.24) is 4.98 Å². The Morgan fingerprint density at radius 3 is 2.58 bits per heavy atom. The van der Waals surface area contributed by atoms with E-state index in [1.54, 1.807) is 6.07 Å². The van der Waals surface area contributed by atoms with Crippen molar-refractivity contribution in [3.05, 3.63) is 58.9 Å². The average molecular weight is 295 g/mol. The predicted molar refractivity (Wildman–Crippen MR) is 78.1 cm³/mol. The van der Waals surface area contributed by atoms with Crippen molar-refractivity contribution in [2.24, 2.45) is 0 Å². The van der Waals surface area contributed by atoms with Crippen molar-refractivity contribution >= 4 is 34.8 Å². The molecule has 3 nitrogen and oxygen atoms in total. The quantitative estimate of drug-likeness (QED) is 0.872. The Balaban J connectivity index is 2.09. The summed E-state index contributed by atoms with van der Waals surface area (Å²) in [4.78, 5) is 15.8. The van der Waals surface area contributed by atoms with Crippen LogP contribution in [0.5, 0.6) is 0 Å². The third-order valence-electron chi connectivity index (χ3n) is 2.61. The van der Waals surface area contributed by atoms with Crippen LogP contribution in [0.4, 0.5) is 5.69 Å². The molecule has 0 unspecified atom stereocenters. The van der Waals surface area contributed by atoms with Crippen LogP contribution in [0.15, 0.2) is 42.7 Å². The molecule has 98 valence electrons. The molecule has 0 aliphatic heterocycles. The summed E-state index contributed by atoms with van der Waals surface area (Å²) in [5, 5.41) is 3.12. The fourth-order valence-corrected chi connectivity index (χ4v) is 2.04. The number of halogens is 2. The maximum atomic E-state index is 12.0. The lowest BCUT2D eigenvalue weighted by atomic mass is 10.1. The van der Waals surface area contributed by atoms with Gasteiger partial charge < -0.3 is 5.32 Å². The summed E-state index contributed by atoms with van der Waals surface area (Å²) in [5.41, 5.74) is 2.26. The van der Waals surface area contributed by atoms with Crippen molar-refractivity contribution in [3.63, 3.8) is 0 Å². The number of nitrogens with zero attached hydrogens (tertiary/aromatic N) is 1. The smallest absolute Gasteiger partial charge is 0.257 e. The summed E-state index contributed by atoms with van der Waals surface area (Å²) in [6.45, 7) is 0. The number of anilines is 1. The summed E-state index contributed by atoms with van der Waals surface area (Å²) in [5.74, 6) is 0.329. The van der Waals surface area contributed by atoms with Gasteiger partial charge in [0.2, 0.25) is 0 Å². The summed E-state index contributed by atoms with van der Waals surface area (Å²) in [6.07, 6.45) is 3.79. The van der Waals surface area contributed by atoms with Crippen LogP contribution in [0, 0.1) is 0 Å². The number of hydrogen-bond acceptors (Lipinski definition) is 2. The molecule has 0 fully saturated rings. The molecule has 2 aromatic rings. The maximum Gasteiger partial charge on any atom is 0.257 e. The van der Waals surface area contributed by atoms with Gasteiger partial charge in [-0.1, -0.05) is 23.7 Å². The van der Waals surface area contributed by atoms with E-state index < -0.39 is 0 Å². The number of hydrogen-bond donors (Lipinski definition) is 1. The zero-order valence-corrected chi connectivity index (χ0v) is 11.6. The first kappa shape index (κ1) is 13.8. The van der Waals surface area contributed by atoms with E-state index in [1.807, 2.05) is 24.3 Å². The fourth-order valence-electron chi connectivity index (χ4n) is 1.62. The number of aromatic nitrogens is 1.